The van der Waals surface area contributed by atoms with Crippen molar-refractivity contribution in [1.29, 1.82) is 0 Å². The Morgan fingerprint density at radius 3 is 2.04 bits per heavy atom. The predicted molar refractivity (Wildman–Crippen MR) is 102 cm³/mol. The summed E-state index contributed by atoms with van der Waals surface area (Å²) in [5, 5.41) is 0. The first-order chi connectivity index (χ1) is 11.2. The largest absolute Gasteiger partial charge is 0.460 e. The standard InChI is InChI=1S/C22H36O2/c1-8-21(6,7)24-20(23)15-12-16-22(17(2)3,18(4)5)19-13-10-9-11-14-19/h9-11,13-14,17-18H,8,12,15-16H2,1-7H3. The average Bonchev–Trinajstić information content (AvgIpc) is 2.51. The van der Waals surface area contributed by atoms with Crippen LogP contribution < -0.4 is 0 Å². The number of hydrogen-bond donors (Lipinski definition) is 0. The molecule has 0 saturated heterocycles. The van der Waals surface area contributed by atoms with Gasteiger partial charge >= 0.3 is 5.97 Å². The number of hydrogen-bond acceptors (Lipinski definition) is 2. The van der Waals surface area contributed by atoms with Crippen molar-refractivity contribution in [2.24, 2.45) is 11.8 Å². The van der Waals surface area contributed by atoms with Gasteiger partial charge in [0.2, 0.25) is 0 Å². The molecule has 0 saturated carbocycles. The summed E-state index contributed by atoms with van der Waals surface area (Å²) in [5.41, 5.74) is 1.13. The minimum absolute atomic E-state index is 0.0728. The minimum atomic E-state index is -0.357. The average molecular weight is 333 g/mol. The van der Waals surface area contributed by atoms with Crippen molar-refractivity contribution >= 4 is 5.97 Å². The van der Waals surface area contributed by atoms with E-state index in [0.717, 1.165) is 19.3 Å². The lowest BCUT2D eigenvalue weighted by molar-refractivity contribution is -0.156. The van der Waals surface area contributed by atoms with Crippen molar-refractivity contribution < 1.29 is 9.53 Å². The fraction of sp³-hybridized carbons (Fsp3) is 0.682. The maximum Gasteiger partial charge on any atom is 0.306 e. The lowest BCUT2D eigenvalue weighted by atomic mass is 9.62. The fourth-order valence-corrected chi connectivity index (χ4v) is 3.76. The molecular weight excluding hydrogens is 296 g/mol. The Morgan fingerprint density at radius 2 is 1.58 bits per heavy atom. The van der Waals surface area contributed by atoms with Crippen LogP contribution in [0.15, 0.2) is 30.3 Å². The van der Waals surface area contributed by atoms with Crippen LogP contribution in [0.1, 0.15) is 79.7 Å². The van der Waals surface area contributed by atoms with Crippen molar-refractivity contribution in [3.05, 3.63) is 35.9 Å². The first kappa shape index (κ1) is 20.7. The van der Waals surface area contributed by atoms with Gasteiger partial charge in [-0.05, 0) is 55.9 Å². The summed E-state index contributed by atoms with van der Waals surface area (Å²) in [4.78, 5) is 12.2. The zero-order chi connectivity index (χ0) is 18.4. The molecule has 0 aromatic heterocycles. The summed E-state index contributed by atoms with van der Waals surface area (Å²) < 4.78 is 5.59. The van der Waals surface area contributed by atoms with Crippen LogP contribution in [-0.2, 0) is 14.9 Å². The molecule has 2 heteroatoms. The summed E-state index contributed by atoms with van der Waals surface area (Å²) in [6.45, 7) is 15.2. The highest BCUT2D eigenvalue weighted by Crippen LogP contribution is 2.43. The van der Waals surface area contributed by atoms with Crippen LogP contribution in [0.25, 0.3) is 0 Å². The number of carbonyl (C=O) groups excluding carboxylic acids is 1. The minimum Gasteiger partial charge on any atom is -0.460 e. The number of benzene rings is 1. The van der Waals surface area contributed by atoms with Gasteiger partial charge in [-0.25, -0.2) is 0 Å². The van der Waals surface area contributed by atoms with Crippen LogP contribution in [0.4, 0.5) is 0 Å². The van der Waals surface area contributed by atoms with Gasteiger partial charge in [-0.15, -0.1) is 0 Å². The second-order valence-electron chi connectivity index (χ2n) is 8.16. The first-order valence-corrected chi connectivity index (χ1v) is 9.43. The van der Waals surface area contributed by atoms with E-state index in [2.05, 4.69) is 58.0 Å². The molecule has 0 aliphatic carbocycles. The van der Waals surface area contributed by atoms with E-state index in [1.807, 2.05) is 20.8 Å². The normalized spacial score (nSPS) is 12.7. The Hall–Kier alpha value is -1.31. The summed E-state index contributed by atoms with van der Waals surface area (Å²) in [6, 6.07) is 10.8. The topological polar surface area (TPSA) is 26.3 Å². The molecule has 0 aliphatic heterocycles. The molecule has 24 heavy (non-hydrogen) atoms. The highest BCUT2D eigenvalue weighted by atomic mass is 16.6. The number of ether oxygens (including phenoxy) is 1. The molecular formula is C22H36O2. The van der Waals surface area contributed by atoms with Gasteiger partial charge in [-0.3, -0.25) is 4.79 Å². The molecule has 0 N–H and O–H groups in total. The Balaban J connectivity index is 2.83. The van der Waals surface area contributed by atoms with Gasteiger partial charge in [0.15, 0.2) is 0 Å². The Morgan fingerprint density at radius 1 is 1.04 bits per heavy atom. The van der Waals surface area contributed by atoms with Crippen molar-refractivity contribution in [2.75, 3.05) is 0 Å². The van der Waals surface area contributed by atoms with E-state index in [-0.39, 0.29) is 17.0 Å². The lowest BCUT2D eigenvalue weighted by Gasteiger charge is -2.42. The molecule has 0 radical (unpaired) electrons. The maximum atomic E-state index is 12.2. The number of rotatable bonds is 9. The van der Waals surface area contributed by atoms with Crippen LogP contribution in [-0.4, -0.2) is 11.6 Å². The smallest absolute Gasteiger partial charge is 0.306 e. The monoisotopic (exact) mass is 332 g/mol. The third-order valence-electron chi connectivity index (χ3n) is 5.58. The van der Waals surface area contributed by atoms with Crippen LogP contribution in [0, 0.1) is 11.8 Å². The van der Waals surface area contributed by atoms with E-state index >= 15 is 0 Å². The summed E-state index contributed by atoms with van der Waals surface area (Å²) in [5.74, 6) is 0.960. The molecule has 0 spiro atoms. The van der Waals surface area contributed by atoms with Gasteiger partial charge in [0.05, 0.1) is 0 Å². The summed E-state index contributed by atoms with van der Waals surface area (Å²) in [6.07, 6.45) is 3.21. The van der Waals surface area contributed by atoms with Gasteiger partial charge < -0.3 is 4.74 Å². The lowest BCUT2D eigenvalue weighted by Crippen LogP contribution is -2.38. The number of esters is 1. The highest BCUT2D eigenvalue weighted by molar-refractivity contribution is 5.69. The van der Waals surface area contributed by atoms with Crippen LogP contribution in [0.3, 0.4) is 0 Å². The highest BCUT2D eigenvalue weighted by Gasteiger charge is 2.38. The van der Waals surface area contributed by atoms with Crippen molar-refractivity contribution in [3.63, 3.8) is 0 Å². The molecule has 0 heterocycles. The van der Waals surface area contributed by atoms with Crippen LogP contribution in [0.5, 0.6) is 0 Å². The molecule has 0 atom stereocenters. The second-order valence-corrected chi connectivity index (χ2v) is 8.16. The fourth-order valence-electron chi connectivity index (χ4n) is 3.76. The van der Waals surface area contributed by atoms with Gasteiger partial charge in [0.1, 0.15) is 5.60 Å². The summed E-state index contributed by atoms with van der Waals surface area (Å²) >= 11 is 0. The summed E-state index contributed by atoms with van der Waals surface area (Å²) in [7, 11) is 0. The predicted octanol–water partition coefficient (Wildman–Crippen LogP) is 6.14. The van der Waals surface area contributed by atoms with E-state index in [1.165, 1.54) is 5.56 Å². The molecule has 1 aromatic rings. The molecule has 0 fully saturated rings. The van der Waals surface area contributed by atoms with E-state index in [9.17, 15) is 4.79 Å². The zero-order valence-corrected chi connectivity index (χ0v) is 16.7. The van der Waals surface area contributed by atoms with E-state index in [4.69, 9.17) is 4.74 Å². The first-order valence-electron chi connectivity index (χ1n) is 9.43. The Bertz CT molecular complexity index is 492. The molecule has 1 rings (SSSR count). The van der Waals surface area contributed by atoms with Crippen molar-refractivity contribution in [1.82, 2.24) is 0 Å². The Kier molecular flexibility index (Phi) is 7.51. The van der Waals surface area contributed by atoms with Crippen LogP contribution in [0.2, 0.25) is 0 Å². The third kappa shape index (κ3) is 5.09. The zero-order valence-electron chi connectivity index (χ0n) is 16.7. The molecule has 0 aliphatic rings. The molecule has 0 unspecified atom stereocenters. The van der Waals surface area contributed by atoms with Gasteiger partial charge in [0.25, 0.3) is 0 Å². The van der Waals surface area contributed by atoms with Gasteiger partial charge in [-0.1, -0.05) is 65.0 Å². The molecule has 2 nitrogen and oxygen atoms in total. The van der Waals surface area contributed by atoms with Crippen molar-refractivity contribution in [2.45, 2.75) is 85.2 Å². The van der Waals surface area contributed by atoms with E-state index in [0.29, 0.717) is 18.3 Å². The van der Waals surface area contributed by atoms with Crippen molar-refractivity contribution in [3.8, 4) is 0 Å². The van der Waals surface area contributed by atoms with E-state index in [1.54, 1.807) is 0 Å². The Labute approximate surface area is 149 Å². The molecule has 0 bridgehead atoms. The molecule has 1 aromatic carbocycles. The quantitative estimate of drug-likeness (QED) is 0.508. The molecule has 136 valence electrons. The SMILES string of the molecule is CCC(C)(C)OC(=O)CCCC(c1ccccc1)(C(C)C)C(C)C. The van der Waals surface area contributed by atoms with E-state index < -0.39 is 0 Å². The number of carbonyl (C=O) groups is 1. The third-order valence-corrected chi connectivity index (χ3v) is 5.58. The van der Waals surface area contributed by atoms with Crippen LogP contribution >= 0.6 is 0 Å². The van der Waals surface area contributed by atoms with Gasteiger partial charge in [0, 0.05) is 6.42 Å². The van der Waals surface area contributed by atoms with Gasteiger partial charge in [-0.2, -0.15) is 0 Å². The molecule has 0 amide bonds. The maximum absolute atomic E-state index is 12.2. The second kappa shape index (κ2) is 8.69.